The highest BCUT2D eigenvalue weighted by Gasteiger charge is 2.16. The minimum atomic E-state index is -3.47. The fourth-order valence-corrected chi connectivity index (χ4v) is 3.56. The van der Waals surface area contributed by atoms with Crippen LogP contribution in [0.1, 0.15) is 5.69 Å². The van der Waals surface area contributed by atoms with E-state index in [0.717, 1.165) is 5.39 Å². The van der Waals surface area contributed by atoms with Crippen molar-refractivity contribution in [3.8, 4) is 0 Å². The third kappa shape index (κ3) is 2.73. The monoisotopic (exact) mass is 299 g/mol. The van der Waals surface area contributed by atoms with E-state index in [1.807, 2.05) is 6.07 Å². The van der Waals surface area contributed by atoms with E-state index in [4.69, 9.17) is 0 Å². The average molecular weight is 299 g/mol. The lowest BCUT2D eigenvalue weighted by Gasteiger charge is -2.06. The van der Waals surface area contributed by atoms with Crippen molar-refractivity contribution >= 4 is 20.6 Å². The van der Waals surface area contributed by atoms with Gasteiger partial charge in [-0.15, -0.1) is 0 Å². The van der Waals surface area contributed by atoms with Gasteiger partial charge >= 0.3 is 0 Å². The van der Waals surface area contributed by atoms with Crippen LogP contribution in [0.4, 0.5) is 0 Å². The van der Waals surface area contributed by atoms with Crippen LogP contribution in [0.25, 0.3) is 10.8 Å². The molecule has 2 aromatic carbocycles. The summed E-state index contributed by atoms with van der Waals surface area (Å²) in [5, 5.41) is 1.29. The number of aromatic nitrogens is 1. The minimum absolute atomic E-state index is 0.225. The summed E-state index contributed by atoms with van der Waals surface area (Å²) in [7, 11) is -3.47. The first kappa shape index (κ1) is 13.6. The van der Waals surface area contributed by atoms with Crippen LogP contribution in [0.2, 0.25) is 0 Å². The third-order valence-electron chi connectivity index (χ3n) is 3.26. The van der Waals surface area contributed by atoms with Crippen LogP contribution in [0.15, 0.2) is 70.4 Å². The Morgan fingerprint density at radius 2 is 1.57 bits per heavy atom. The van der Waals surface area contributed by atoms with Gasteiger partial charge in [0.2, 0.25) is 0 Å². The van der Waals surface area contributed by atoms with Gasteiger partial charge in [0.05, 0.1) is 10.6 Å². The molecular weight excluding hydrogens is 286 g/mol. The molecule has 3 aromatic rings. The van der Waals surface area contributed by atoms with Gasteiger partial charge in [-0.1, -0.05) is 36.4 Å². The molecule has 4 nitrogen and oxygen atoms in total. The summed E-state index contributed by atoms with van der Waals surface area (Å²) < 4.78 is 24.7. The van der Waals surface area contributed by atoms with Crippen LogP contribution in [0, 0.1) is 0 Å². The first-order valence-corrected chi connectivity index (χ1v) is 8.10. The molecule has 0 aliphatic heterocycles. The zero-order chi connectivity index (χ0) is 14.9. The number of benzene rings is 2. The lowest BCUT2D eigenvalue weighted by molar-refractivity contribution is 0.594. The largest absolute Gasteiger partial charge is 0.325 e. The maximum atomic E-state index is 12.3. The fourth-order valence-electron chi connectivity index (χ4n) is 2.26. The molecular formula is C16H13NO3S. The van der Waals surface area contributed by atoms with Gasteiger partial charge in [-0.05, 0) is 29.7 Å². The van der Waals surface area contributed by atoms with Crippen LogP contribution in [0.5, 0.6) is 0 Å². The van der Waals surface area contributed by atoms with Gasteiger partial charge < -0.3 is 4.98 Å². The van der Waals surface area contributed by atoms with E-state index < -0.39 is 9.84 Å². The molecule has 1 aromatic heterocycles. The predicted octanol–water partition coefficient (Wildman–Crippen LogP) is 2.50. The van der Waals surface area contributed by atoms with E-state index in [1.54, 1.807) is 54.6 Å². The van der Waals surface area contributed by atoms with Gasteiger partial charge in [0.1, 0.15) is 0 Å². The Kier molecular flexibility index (Phi) is 3.35. The molecule has 0 saturated carbocycles. The number of nitrogens with one attached hydrogen (secondary N) is 1. The number of H-pyrrole nitrogens is 1. The smallest absolute Gasteiger partial charge is 0.256 e. The molecule has 0 unspecified atom stereocenters. The summed E-state index contributed by atoms with van der Waals surface area (Å²) in [6.45, 7) is 0. The SMILES string of the molecule is O=c1[nH]c(CS(=O)(=O)c2ccccc2)cc2ccccc12. The van der Waals surface area contributed by atoms with Gasteiger partial charge in [-0.2, -0.15) is 0 Å². The molecule has 0 saturated heterocycles. The van der Waals surface area contributed by atoms with E-state index in [2.05, 4.69) is 4.98 Å². The Morgan fingerprint density at radius 3 is 2.33 bits per heavy atom. The summed E-state index contributed by atoms with van der Waals surface area (Å²) in [5.41, 5.74) is 0.119. The van der Waals surface area contributed by atoms with Crippen molar-refractivity contribution in [1.82, 2.24) is 4.98 Å². The molecule has 0 aliphatic rings. The number of rotatable bonds is 3. The Labute approximate surface area is 122 Å². The van der Waals surface area contributed by atoms with E-state index in [9.17, 15) is 13.2 Å². The van der Waals surface area contributed by atoms with Gasteiger partial charge in [0.25, 0.3) is 5.56 Å². The molecule has 5 heteroatoms. The predicted molar refractivity (Wildman–Crippen MR) is 81.9 cm³/mol. The molecule has 0 atom stereocenters. The molecule has 0 bridgehead atoms. The Bertz CT molecular complexity index is 944. The number of pyridine rings is 1. The molecule has 0 spiro atoms. The van der Waals surface area contributed by atoms with Crippen LogP contribution in [-0.2, 0) is 15.6 Å². The molecule has 0 aliphatic carbocycles. The standard InChI is InChI=1S/C16H13NO3S/c18-16-15-9-5-4-6-12(15)10-13(17-16)11-21(19,20)14-7-2-1-3-8-14/h1-10H,11H2,(H,17,18). The number of fused-ring (bicyclic) bond motifs is 1. The lowest BCUT2D eigenvalue weighted by atomic mass is 10.1. The summed E-state index contributed by atoms with van der Waals surface area (Å²) in [5.74, 6) is -0.225. The third-order valence-corrected chi connectivity index (χ3v) is 4.94. The second-order valence-electron chi connectivity index (χ2n) is 4.78. The van der Waals surface area contributed by atoms with Crippen molar-refractivity contribution < 1.29 is 8.42 Å². The molecule has 21 heavy (non-hydrogen) atoms. The number of sulfone groups is 1. The van der Waals surface area contributed by atoms with Crippen molar-refractivity contribution in [2.24, 2.45) is 0 Å². The highest BCUT2D eigenvalue weighted by Crippen LogP contribution is 2.16. The summed E-state index contributed by atoms with van der Waals surface area (Å²) in [6, 6.07) is 17.0. The van der Waals surface area contributed by atoms with Crippen molar-refractivity contribution in [2.75, 3.05) is 0 Å². The Morgan fingerprint density at radius 1 is 0.905 bits per heavy atom. The van der Waals surface area contributed by atoms with E-state index in [1.165, 1.54) is 0 Å². The van der Waals surface area contributed by atoms with Crippen LogP contribution in [-0.4, -0.2) is 13.4 Å². The van der Waals surface area contributed by atoms with Crippen LogP contribution >= 0.6 is 0 Å². The molecule has 0 radical (unpaired) electrons. The highest BCUT2D eigenvalue weighted by atomic mass is 32.2. The Hall–Kier alpha value is -2.40. The molecule has 1 heterocycles. The Balaban J connectivity index is 2.05. The van der Waals surface area contributed by atoms with Crippen molar-refractivity contribution in [1.29, 1.82) is 0 Å². The second-order valence-corrected chi connectivity index (χ2v) is 6.77. The van der Waals surface area contributed by atoms with Crippen molar-refractivity contribution in [3.63, 3.8) is 0 Å². The maximum Gasteiger partial charge on any atom is 0.256 e. The lowest BCUT2D eigenvalue weighted by Crippen LogP contribution is -2.13. The minimum Gasteiger partial charge on any atom is -0.325 e. The average Bonchev–Trinajstić information content (AvgIpc) is 2.48. The summed E-state index contributed by atoms with van der Waals surface area (Å²) in [6.07, 6.45) is 0. The first-order chi connectivity index (χ1) is 10.1. The molecule has 0 amide bonds. The molecule has 3 rings (SSSR count). The first-order valence-electron chi connectivity index (χ1n) is 6.45. The second kappa shape index (κ2) is 5.18. The maximum absolute atomic E-state index is 12.3. The quantitative estimate of drug-likeness (QED) is 0.808. The zero-order valence-corrected chi connectivity index (χ0v) is 11.9. The molecule has 106 valence electrons. The van der Waals surface area contributed by atoms with Gasteiger partial charge in [-0.3, -0.25) is 4.79 Å². The number of aromatic amines is 1. The molecule has 0 fully saturated rings. The van der Waals surface area contributed by atoms with Gasteiger partial charge in [0, 0.05) is 11.1 Å². The van der Waals surface area contributed by atoms with Crippen LogP contribution in [0.3, 0.4) is 0 Å². The summed E-state index contributed by atoms with van der Waals surface area (Å²) >= 11 is 0. The highest BCUT2D eigenvalue weighted by molar-refractivity contribution is 7.90. The zero-order valence-electron chi connectivity index (χ0n) is 11.1. The van der Waals surface area contributed by atoms with E-state index >= 15 is 0 Å². The van der Waals surface area contributed by atoms with E-state index in [-0.39, 0.29) is 16.2 Å². The summed E-state index contributed by atoms with van der Waals surface area (Å²) in [4.78, 5) is 14.9. The fraction of sp³-hybridized carbons (Fsp3) is 0.0625. The topological polar surface area (TPSA) is 67.0 Å². The normalized spacial score (nSPS) is 11.6. The van der Waals surface area contributed by atoms with Gasteiger partial charge in [0.15, 0.2) is 9.84 Å². The number of hydrogen-bond acceptors (Lipinski definition) is 3. The van der Waals surface area contributed by atoms with Crippen LogP contribution < -0.4 is 5.56 Å². The van der Waals surface area contributed by atoms with Crippen molar-refractivity contribution in [3.05, 3.63) is 76.7 Å². The van der Waals surface area contributed by atoms with Gasteiger partial charge in [-0.25, -0.2) is 8.42 Å². The molecule has 1 N–H and O–H groups in total. The van der Waals surface area contributed by atoms with Crippen molar-refractivity contribution in [2.45, 2.75) is 10.6 Å². The van der Waals surface area contributed by atoms with E-state index in [0.29, 0.717) is 11.1 Å². The number of hydrogen-bond donors (Lipinski definition) is 1.